The lowest BCUT2D eigenvalue weighted by molar-refractivity contribution is 0.103. The minimum Gasteiger partial charge on any atom is -0.289 e. The molecule has 104 valence electrons. The molecule has 0 aliphatic heterocycles. The van der Waals surface area contributed by atoms with E-state index in [1.165, 1.54) is 5.56 Å². The number of carbonyl (C=O) groups is 1. The van der Waals surface area contributed by atoms with E-state index in [0.717, 1.165) is 4.47 Å². The molecule has 0 unspecified atom stereocenters. The Balaban J connectivity index is 2.37. The fraction of sp³-hybridized carbons (Fsp3) is 0.235. The molecular weight excluding hydrogens is 336 g/mol. The monoisotopic (exact) mass is 350 g/mol. The minimum atomic E-state index is -0.0586. The van der Waals surface area contributed by atoms with Crippen LogP contribution in [0.25, 0.3) is 0 Å². The van der Waals surface area contributed by atoms with Crippen LogP contribution >= 0.6 is 27.5 Å². The van der Waals surface area contributed by atoms with E-state index in [9.17, 15) is 4.79 Å². The number of halogens is 2. The molecule has 0 radical (unpaired) electrons. The molecule has 20 heavy (non-hydrogen) atoms. The molecule has 2 aromatic carbocycles. The first-order valence-corrected chi connectivity index (χ1v) is 7.56. The maximum absolute atomic E-state index is 12.5. The van der Waals surface area contributed by atoms with Gasteiger partial charge in [0.05, 0.1) is 5.02 Å². The fourth-order valence-electron chi connectivity index (χ4n) is 1.95. The van der Waals surface area contributed by atoms with Crippen LogP contribution in [0, 0.1) is 0 Å². The standard InChI is InChI=1S/C17H16BrClO/c1-17(2,3)12-6-4-11(5-7-12)16(20)14-10-13(18)8-9-15(14)19/h4-10H,1-3H3. The van der Waals surface area contributed by atoms with Gasteiger partial charge in [-0.1, -0.05) is 72.6 Å². The molecular formula is C17H16BrClO. The van der Waals surface area contributed by atoms with Gasteiger partial charge in [0.1, 0.15) is 0 Å². The van der Waals surface area contributed by atoms with Crippen LogP contribution in [0.15, 0.2) is 46.9 Å². The molecule has 0 N–H and O–H groups in total. The largest absolute Gasteiger partial charge is 0.289 e. The van der Waals surface area contributed by atoms with Gasteiger partial charge in [0, 0.05) is 15.6 Å². The van der Waals surface area contributed by atoms with Crippen LogP contribution in [0.5, 0.6) is 0 Å². The first-order valence-electron chi connectivity index (χ1n) is 6.39. The maximum Gasteiger partial charge on any atom is 0.194 e. The lowest BCUT2D eigenvalue weighted by atomic mass is 9.86. The first kappa shape index (κ1) is 15.3. The zero-order chi connectivity index (χ0) is 14.9. The van der Waals surface area contributed by atoms with Crippen molar-refractivity contribution < 1.29 is 4.79 Å². The molecule has 0 saturated heterocycles. The highest BCUT2D eigenvalue weighted by Gasteiger charge is 2.16. The van der Waals surface area contributed by atoms with Gasteiger partial charge < -0.3 is 0 Å². The molecule has 0 aliphatic carbocycles. The second-order valence-electron chi connectivity index (χ2n) is 5.78. The number of rotatable bonds is 2. The molecule has 3 heteroatoms. The zero-order valence-corrected chi connectivity index (χ0v) is 14.0. The molecule has 0 bridgehead atoms. The molecule has 0 aliphatic rings. The highest BCUT2D eigenvalue weighted by atomic mass is 79.9. The summed E-state index contributed by atoms with van der Waals surface area (Å²) in [5, 5.41) is 0.470. The molecule has 0 aromatic heterocycles. The highest BCUT2D eigenvalue weighted by molar-refractivity contribution is 9.10. The Kier molecular flexibility index (Phi) is 4.36. The average Bonchev–Trinajstić information content (AvgIpc) is 2.40. The Morgan fingerprint density at radius 3 is 2.20 bits per heavy atom. The number of carbonyl (C=O) groups excluding carboxylic acids is 1. The number of hydrogen-bond donors (Lipinski definition) is 0. The molecule has 0 saturated carbocycles. The smallest absolute Gasteiger partial charge is 0.194 e. The van der Waals surface area contributed by atoms with Crippen molar-refractivity contribution in [1.82, 2.24) is 0 Å². The van der Waals surface area contributed by atoms with Crippen molar-refractivity contribution in [2.75, 3.05) is 0 Å². The molecule has 0 fully saturated rings. The summed E-state index contributed by atoms with van der Waals surface area (Å²) in [5.74, 6) is -0.0586. The maximum atomic E-state index is 12.5. The van der Waals surface area contributed by atoms with Gasteiger partial charge in [0.15, 0.2) is 5.78 Å². The van der Waals surface area contributed by atoms with E-state index in [-0.39, 0.29) is 11.2 Å². The minimum absolute atomic E-state index is 0.0586. The third-order valence-corrected chi connectivity index (χ3v) is 4.01. The average molecular weight is 352 g/mol. The summed E-state index contributed by atoms with van der Waals surface area (Å²) in [4.78, 5) is 12.5. The Hall–Kier alpha value is -1.12. The Labute approximate surface area is 133 Å². The predicted molar refractivity (Wildman–Crippen MR) is 87.7 cm³/mol. The van der Waals surface area contributed by atoms with Gasteiger partial charge in [0.2, 0.25) is 0 Å². The van der Waals surface area contributed by atoms with Crippen molar-refractivity contribution in [3.63, 3.8) is 0 Å². The topological polar surface area (TPSA) is 17.1 Å². The van der Waals surface area contributed by atoms with Crippen LogP contribution in [0.3, 0.4) is 0 Å². The lowest BCUT2D eigenvalue weighted by Crippen LogP contribution is -2.11. The SMILES string of the molecule is CC(C)(C)c1ccc(C(=O)c2cc(Br)ccc2Cl)cc1. The third kappa shape index (κ3) is 3.31. The molecule has 2 aromatic rings. The van der Waals surface area contributed by atoms with Crippen molar-refractivity contribution in [2.24, 2.45) is 0 Å². The second kappa shape index (κ2) is 5.71. The first-order chi connectivity index (χ1) is 9.29. The summed E-state index contributed by atoms with van der Waals surface area (Å²) in [6, 6.07) is 13.0. The van der Waals surface area contributed by atoms with Crippen LogP contribution in [-0.2, 0) is 5.41 Å². The van der Waals surface area contributed by atoms with Crippen LogP contribution in [-0.4, -0.2) is 5.78 Å². The Bertz CT molecular complexity index is 639. The van der Waals surface area contributed by atoms with Gasteiger partial charge in [-0.25, -0.2) is 0 Å². The molecule has 0 atom stereocenters. The van der Waals surface area contributed by atoms with Gasteiger partial charge in [-0.15, -0.1) is 0 Å². The Morgan fingerprint density at radius 1 is 1.05 bits per heavy atom. The molecule has 0 spiro atoms. The van der Waals surface area contributed by atoms with E-state index in [2.05, 4.69) is 36.7 Å². The van der Waals surface area contributed by atoms with Crippen LogP contribution in [0.1, 0.15) is 42.3 Å². The van der Waals surface area contributed by atoms with Crippen LogP contribution in [0.4, 0.5) is 0 Å². The molecule has 0 heterocycles. The summed E-state index contributed by atoms with van der Waals surface area (Å²) in [6.07, 6.45) is 0. The number of benzene rings is 2. The van der Waals surface area contributed by atoms with E-state index in [4.69, 9.17) is 11.6 Å². The van der Waals surface area contributed by atoms with Gasteiger partial charge in [0.25, 0.3) is 0 Å². The molecule has 0 amide bonds. The van der Waals surface area contributed by atoms with Crippen molar-refractivity contribution in [3.8, 4) is 0 Å². The van der Waals surface area contributed by atoms with E-state index in [0.29, 0.717) is 16.1 Å². The normalized spacial score (nSPS) is 11.4. The zero-order valence-electron chi connectivity index (χ0n) is 11.7. The van der Waals surface area contributed by atoms with E-state index < -0.39 is 0 Å². The van der Waals surface area contributed by atoms with Crippen LogP contribution < -0.4 is 0 Å². The van der Waals surface area contributed by atoms with E-state index >= 15 is 0 Å². The number of ketones is 1. The third-order valence-electron chi connectivity index (χ3n) is 3.19. The van der Waals surface area contributed by atoms with E-state index in [1.54, 1.807) is 12.1 Å². The predicted octanol–water partition coefficient (Wildman–Crippen LogP) is 5.63. The molecule has 1 nitrogen and oxygen atoms in total. The fourth-order valence-corrected chi connectivity index (χ4v) is 2.51. The van der Waals surface area contributed by atoms with Gasteiger partial charge in [-0.05, 0) is 29.2 Å². The second-order valence-corrected chi connectivity index (χ2v) is 7.10. The van der Waals surface area contributed by atoms with Crippen molar-refractivity contribution >= 4 is 33.3 Å². The van der Waals surface area contributed by atoms with Gasteiger partial charge in [-0.2, -0.15) is 0 Å². The van der Waals surface area contributed by atoms with Crippen LogP contribution in [0.2, 0.25) is 5.02 Å². The van der Waals surface area contributed by atoms with Gasteiger partial charge >= 0.3 is 0 Å². The van der Waals surface area contributed by atoms with Gasteiger partial charge in [-0.3, -0.25) is 4.79 Å². The van der Waals surface area contributed by atoms with Crippen molar-refractivity contribution in [3.05, 3.63) is 68.7 Å². The summed E-state index contributed by atoms with van der Waals surface area (Å²) in [5.41, 5.74) is 2.45. The van der Waals surface area contributed by atoms with Crippen molar-refractivity contribution in [1.29, 1.82) is 0 Å². The summed E-state index contributed by atoms with van der Waals surface area (Å²) in [7, 11) is 0. The van der Waals surface area contributed by atoms with E-state index in [1.807, 2.05) is 30.3 Å². The number of hydrogen-bond acceptors (Lipinski definition) is 1. The summed E-state index contributed by atoms with van der Waals surface area (Å²) < 4.78 is 0.844. The quantitative estimate of drug-likeness (QED) is 0.641. The molecule has 2 rings (SSSR count). The Morgan fingerprint density at radius 2 is 1.65 bits per heavy atom. The highest BCUT2D eigenvalue weighted by Crippen LogP contribution is 2.26. The summed E-state index contributed by atoms with van der Waals surface area (Å²) in [6.45, 7) is 6.44. The summed E-state index contributed by atoms with van der Waals surface area (Å²) >= 11 is 9.47. The lowest BCUT2D eigenvalue weighted by Gasteiger charge is -2.19. The van der Waals surface area contributed by atoms with Crippen molar-refractivity contribution in [2.45, 2.75) is 26.2 Å².